The van der Waals surface area contributed by atoms with Crippen LogP contribution in [0.1, 0.15) is 27.8 Å². The number of hydrogen-bond donors (Lipinski definition) is 0. The largest absolute Gasteiger partial charge is 0.487 e. The Kier molecular flexibility index (Phi) is 6.95. The lowest BCUT2D eigenvalue weighted by Gasteiger charge is -2.12. The minimum atomic E-state index is -0.632. The lowest BCUT2D eigenvalue weighted by Crippen LogP contribution is -2.08. The van der Waals surface area contributed by atoms with Crippen LogP contribution in [-0.2, 0) is 16.1 Å². The number of ether oxygens (including phenoxy) is 2. The molecule has 0 saturated heterocycles. The topological polar surface area (TPSA) is 91.0 Å². The number of halogens is 2. The number of rotatable bonds is 6. The first-order valence-corrected chi connectivity index (χ1v) is 11.8. The summed E-state index contributed by atoms with van der Waals surface area (Å²) >= 11 is 7.06. The van der Waals surface area contributed by atoms with E-state index in [1.165, 1.54) is 12.1 Å². The first kappa shape index (κ1) is 23.8. The number of aryl methyl sites for hydroxylation is 1. The average Bonchev–Trinajstić information content (AvgIpc) is 3.13. The third-order valence-electron chi connectivity index (χ3n) is 5.14. The van der Waals surface area contributed by atoms with Crippen molar-refractivity contribution in [1.29, 1.82) is 0 Å². The van der Waals surface area contributed by atoms with Crippen molar-refractivity contribution in [1.82, 2.24) is 0 Å². The zero-order valence-electron chi connectivity index (χ0n) is 18.2. The van der Waals surface area contributed by atoms with Crippen molar-refractivity contribution < 1.29 is 19.2 Å². The van der Waals surface area contributed by atoms with Gasteiger partial charge in [-0.25, -0.2) is 9.79 Å². The number of nitro groups is 1. The summed E-state index contributed by atoms with van der Waals surface area (Å²) in [6.07, 6.45) is 1.59. The molecule has 4 rings (SSSR count). The van der Waals surface area contributed by atoms with E-state index < -0.39 is 10.9 Å². The van der Waals surface area contributed by atoms with Crippen molar-refractivity contribution in [2.24, 2.45) is 4.99 Å². The Bertz CT molecular complexity index is 1360. The Labute approximate surface area is 212 Å². The molecule has 1 aliphatic heterocycles. The SMILES string of the molecule is Cc1cccc(COc2c(Br)cc(/C=C3\N=C(c4cccc([N+](=O)[O-])c4C)OC3=O)cc2Br)c1. The second-order valence-electron chi connectivity index (χ2n) is 7.63. The van der Waals surface area contributed by atoms with Crippen LogP contribution in [0.2, 0.25) is 0 Å². The summed E-state index contributed by atoms with van der Waals surface area (Å²) < 4.78 is 12.7. The van der Waals surface area contributed by atoms with Gasteiger partial charge in [-0.05, 0) is 81.1 Å². The van der Waals surface area contributed by atoms with Crippen LogP contribution in [0.3, 0.4) is 0 Å². The molecule has 1 aliphatic rings. The van der Waals surface area contributed by atoms with Gasteiger partial charge < -0.3 is 9.47 Å². The minimum Gasteiger partial charge on any atom is -0.487 e. The quantitative estimate of drug-likeness (QED) is 0.140. The van der Waals surface area contributed by atoms with Gasteiger partial charge >= 0.3 is 5.97 Å². The summed E-state index contributed by atoms with van der Waals surface area (Å²) in [6, 6.07) is 16.2. The highest BCUT2D eigenvalue weighted by atomic mass is 79.9. The minimum absolute atomic E-state index is 0.0358. The van der Waals surface area contributed by atoms with E-state index in [4.69, 9.17) is 9.47 Å². The van der Waals surface area contributed by atoms with Crippen LogP contribution in [0.4, 0.5) is 5.69 Å². The molecule has 172 valence electrons. The predicted octanol–water partition coefficient (Wildman–Crippen LogP) is 6.66. The maximum Gasteiger partial charge on any atom is 0.363 e. The fourth-order valence-corrected chi connectivity index (χ4v) is 4.94. The number of carbonyl (C=O) groups is 1. The van der Waals surface area contributed by atoms with Gasteiger partial charge in [-0.15, -0.1) is 0 Å². The second-order valence-corrected chi connectivity index (χ2v) is 9.34. The van der Waals surface area contributed by atoms with Crippen molar-refractivity contribution in [2.75, 3.05) is 0 Å². The molecule has 3 aromatic carbocycles. The molecule has 0 aromatic heterocycles. The third-order valence-corrected chi connectivity index (χ3v) is 6.32. The van der Waals surface area contributed by atoms with Crippen molar-refractivity contribution >= 4 is 55.5 Å². The van der Waals surface area contributed by atoms with Gasteiger partial charge in [-0.3, -0.25) is 10.1 Å². The molecule has 7 nitrogen and oxygen atoms in total. The fourth-order valence-electron chi connectivity index (χ4n) is 3.49. The monoisotopic (exact) mass is 584 g/mol. The molecule has 0 bridgehead atoms. The first-order valence-electron chi connectivity index (χ1n) is 10.2. The number of nitrogens with zero attached hydrogens (tertiary/aromatic N) is 2. The zero-order valence-corrected chi connectivity index (χ0v) is 21.3. The number of cyclic esters (lactones) is 1. The van der Waals surface area contributed by atoms with Crippen LogP contribution in [0, 0.1) is 24.0 Å². The number of hydrogen-bond acceptors (Lipinski definition) is 6. The Morgan fingerprint density at radius 2 is 1.79 bits per heavy atom. The second kappa shape index (κ2) is 9.90. The Morgan fingerprint density at radius 3 is 2.47 bits per heavy atom. The van der Waals surface area contributed by atoms with Gasteiger partial charge in [0, 0.05) is 17.2 Å². The molecule has 0 saturated carbocycles. The molecule has 0 N–H and O–H groups in total. The number of esters is 1. The summed E-state index contributed by atoms with van der Waals surface area (Å²) in [6.45, 7) is 4.02. The van der Waals surface area contributed by atoms with Gasteiger partial charge in [0.05, 0.1) is 13.9 Å². The summed E-state index contributed by atoms with van der Waals surface area (Å²) in [7, 11) is 0. The molecule has 0 atom stereocenters. The zero-order chi connectivity index (χ0) is 24.4. The van der Waals surface area contributed by atoms with Crippen LogP contribution in [0.5, 0.6) is 5.75 Å². The molecular formula is C25H18Br2N2O5. The Morgan fingerprint density at radius 1 is 1.09 bits per heavy atom. The summed E-state index contributed by atoms with van der Waals surface area (Å²) in [5.41, 5.74) is 3.70. The number of carbonyl (C=O) groups excluding carboxylic acids is 1. The molecule has 3 aromatic rings. The maximum atomic E-state index is 12.4. The lowest BCUT2D eigenvalue weighted by atomic mass is 10.1. The molecule has 0 amide bonds. The van der Waals surface area contributed by atoms with E-state index in [1.54, 1.807) is 19.1 Å². The summed E-state index contributed by atoms with van der Waals surface area (Å²) in [4.78, 5) is 27.5. The lowest BCUT2D eigenvalue weighted by molar-refractivity contribution is -0.385. The van der Waals surface area contributed by atoms with Gasteiger partial charge in [0.15, 0.2) is 5.70 Å². The van der Waals surface area contributed by atoms with E-state index in [-0.39, 0.29) is 17.3 Å². The van der Waals surface area contributed by atoms with Crippen molar-refractivity contribution in [3.8, 4) is 5.75 Å². The summed E-state index contributed by atoms with van der Waals surface area (Å²) in [5.74, 6) is 0.0377. The van der Waals surface area contributed by atoms with Crippen molar-refractivity contribution in [2.45, 2.75) is 20.5 Å². The molecule has 0 radical (unpaired) electrons. The molecule has 0 fully saturated rings. The molecule has 0 aliphatic carbocycles. The molecule has 9 heteroatoms. The highest BCUT2D eigenvalue weighted by molar-refractivity contribution is 9.11. The van der Waals surface area contributed by atoms with Crippen LogP contribution >= 0.6 is 31.9 Å². The van der Waals surface area contributed by atoms with Crippen LogP contribution in [-0.4, -0.2) is 16.8 Å². The summed E-state index contributed by atoms with van der Waals surface area (Å²) in [5, 5.41) is 11.2. The van der Waals surface area contributed by atoms with Gasteiger partial charge in [-0.2, -0.15) is 0 Å². The van der Waals surface area contributed by atoms with E-state index in [1.807, 2.05) is 37.3 Å². The van der Waals surface area contributed by atoms with Crippen molar-refractivity contribution in [3.63, 3.8) is 0 Å². The van der Waals surface area contributed by atoms with E-state index in [9.17, 15) is 14.9 Å². The standard InChI is InChI=1S/C25H18Br2N2O5/c1-14-5-3-6-16(9-14)13-33-23-19(26)10-17(11-20(23)27)12-21-25(30)34-24(28-21)18-7-4-8-22(15(18)2)29(31)32/h3-12H,13H2,1-2H3/b21-12-. The third kappa shape index (κ3) is 5.10. The maximum absolute atomic E-state index is 12.4. The van der Waals surface area contributed by atoms with Gasteiger partial charge in [0.25, 0.3) is 5.69 Å². The Balaban J connectivity index is 1.59. The van der Waals surface area contributed by atoms with Crippen molar-refractivity contribution in [3.05, 3.63) is 107 Å². The van der Waals surface area contributed by atoms with E-state index in [0.717, 1.165) is 11.1 Å². The normalized spacial score (nSPS) is 14.2. The van der Waals surface area contributed by atoms with E-state index in [0.29, 0.717) is 38.0 Å². The first-order chi connectivity index (χ1) is 16.2. The van der Waals surface area contributed by atoms with Gasteiger partial charge in [0.1, 0.15) is 12.4 Å². The number of nitro benzene ring substituents is 1. The molecule has 34 heavy (non-hydrogen) atoms. The number of aliphatic imine (C=N–C) groups is 1. The van der Waals surface area contributed by atoms with Gasteiger partial charge in [0.2, 0.25) is 5.90 Å². The smallest absolute Gasteiger partial charge is 0.363 e. The van der Waals surface area contributed by atoms with Gasteiger partial charge in [-0.1, -0.05) is 35.9 Å². The highest BCUT2D eigenvalue weighted by Crippen LogP contribution is 2.36. The molecular weight excluding hydrogens is 568 g/mol. The number of benzene rings is 3. The van der Waals surface area contributed by atoms with Crippen LogP contribution in [0.15, 0.2) is 74.2 Å². The van der Waals surface area contributed by atoms with E-state index in [2.05, 4.69) is 42.9 Å². The molecule has 0 spiro atoms. The molecule has 0 unspecified atom stereocenters. The van der Waals surface area contributed by atoms with Crippen LogP contribution in [0.25, 0.3) is 6.08 Å². The van der Waals surface area contributed by atoms with E-state index >= 15 is 0 Å². The predicted molar refractivity (Wildman–Crippen MR) is 136 cm³/mol. The highest BCUT2D eigenvalue weighted by Gasteiger charge is 2.27. The van der Waals surface area contributed by atoms with Crippen LogP contribution < -0.4 is 4.74 Å². The average molecular weight is 586 g/mol. The molecule has 1 heterocycles. The fraction of sp³-hybridized carbons (Fsp3) is 0.120. The Hall–Kier alpha value is -3.30.